The number of hydrogen-bond acceptors (Lipinski definition) is 2. The fourth-order valence-corrected chi connectivity index (χ4v) is 1.35. The molecular weight excluding hydrogens is 162 g/mol. The van der Waals surface area contributed by atoms with Crippen molar-refractivity contribution in [3.05, 3.63) is 30.1 Å². The van der Waals surface area contributed by atoms with Gasteiger partial charge < -0.3 is 4.74 Å². The maximum absolute atomic E-state index is 5.01. The van der Waals surface area contributed by atoms with Gasteiger partial charge in [0, 0.05) is 25.6 Å². The Morgan fingerprint density at radius 2 is 2.31 bits per heavy atom. The van der Waals surface area contributed by atoms with Gasteiger partial charge in [0.15, 0.2) is 0 Å². The SMILES string of the molecule is COCCCC(C)c1ccccn1. The van der Waals surface area contributed by atoms with Crippen molar-refractivity contribution in [2.45, 2.75) is 25.7 Å². The van der Waals surface area contributed by atoms with Crippen molar-refractivity contribution in [3.8, 4) is 0 Å². The number of hydrogen-bond donors (Lipinski definition) is 0. The maximum Gasteiger partial charge on any atom is 0.0462 e. The minimum atomic E-state index is 0.538. The first-order valence-electron chi connectivity index (χ1n) is 4.74. The summed E-state index contributed by atoms with van der Waals surface area (Å²) in [6.07, 6.45) is 4.10. The fraction of sp³-hybridized carbons (Fsp3) is 0.545. The molecule has 0 N–H and O–H groups in total. The highest BCUT2D eigenvalue weighted by molar-refractivity contribution is 5.07. The van der Waals surface area contributed by atoms with Crippen molar-refractivity contribution in [1.29, 1.82) is 0 Å². The Bertz CT molecular complexity index is 223. The maximum atomic E-state index is 5.01. The Kier molecular flexibility index (Phi) is 4.47. The van der Waals surface area contributed by atoms with Crippen molar-refractivity contribution < 1.29 is 4.74 Å². The van der Waals surface area contributed by atoms with E-state index in [4.69, 9.17) is 4.74 Å². The summed E-state index contributed by atoms with van der Waals surface area (Å²) in [5, 5.41) is 0. The van der Waals surface area contributed by atoms with Gasteiger partial charge >= 0.3 is 0 Å². The molecule has 0 bridgehead atoms. The van der Waals surface area contributed by atoms with Crippen LogP contribution in [0.1, 0.15) is 31.4 Å². The van der Waals surface area contributed by atoms with E-state index < -0.39 is 0 Å². The standard InChI is InChI=1S/C11H17NO/c1-10(6-5-9-13-2)11-7-3-4-8-12-11/h3-4,7-8,10H,5-6,9H2,1-2H3. The van der Waals surface area contributed by atoms with Gasteiger partial charge in [-0.2, -0.15) is 0 Å². The molecule has 0 spiro atoms. The predicted molar refractivity (Wildman–Crippen MR) is 53.8 cm³/mol. The highest BCUT2D eigenvalue weighted by Gasteiger charge is 2.04. The van der Waals surface area contributed by atoms with Crippen molar-refractivity contribution in [2.75, 3.05) is 13.7 Å². The van der Waals surface area contributed by atoms with E-state index in [2.05, 4.69) is 18.0 Å². The molecule has 0 saturated carbocycles. The average Bonchev–Trinajstić information content (AvgIpc) is 2.19. The largest absolute Gasteiger partial charge is 0.385 e. The average molecular weight is 179 g/mol. The summed E-state index contributed by atoms with van der Waals surface area (Å²) in [6.45, 7) is 3.05. The van der Waals surface area contributed by atoms with Crippen LogP contribution in [0.15, 0.2) is 24.4 Å². The molecular formula is C11H17NO. The zero-order valence-electron chi connectivity index (χ0n) is 8.36. The minimum Gasteiger partial charge on any atom is -0.385 e. The number of nitrogens with zero attached hydrogens (tertiary/aromatic N) is 1. The number of ether oxygens (including phenoxy) is 1. The van der Waals surface area contributed by atoms with Gasteiger partial charge in [-0.05, 0) is 30.9 Å². The summed E-state index contributed by atoms with van der Waals surface area (Å²) in [7, 11) is 1.74. The van der Waals surface area contributed by atoms with Gasteiger partial charge in [0.1, 0.15) is 0 Å². The third-order valence-corrected chi connectivity index (χ3v) is 2.18. The highest BCUT2D eigenvalue weighted by atomic mass is 16.5. The lowest BCUT2D eigenvalue weighted by atomic mass is 10.0. The molecule has 0 radical (unpaired) electrons. The third kappa shape index (κ3) is 3.55. The van der Waals surface area contributed by atoms with Crippen LogP contribution in [-0.4, -0.2) is 18.7 Å². The lowest BCUT2D eigenvalue weighted by Gasteiger charge is -2.09. The molecule has 1 aromatic heterocycles. The van der Waals surface area contributed by atoms with E-state index >= 15 is 0 Å². The lowest BCUT2D eigenvalue weighted by molar-refractivity contribution is 0.191. The second-order valence-corrected chi connectivity index (χ2v) is 3.29. The molecule has 2 heteroatoms. The smallest absolute Gasteiger partial charge is 0.0462 e. The molecule has 0 aliphatic heterocycles. The predicted octanol–water partition coefficient (Wildman–Crippen LogP) is 2.61. The zero-order valence-corrected chi connectivity index (χ0v) is 8.36. The molecule has 13 heavy (non-hydrogen) atoms. The van der Waals surface area contributed by atoms with Gasteiger partial charge in [0.05, 0.1) is 0 Å². The van der Waals surface area contributed by atoms with Crippen molar-refractivity contribution in [3.63, 3.8) is 0 Å². The van der Waals surface area contributed by atoms with Gasteiger partial charge in [-0.1, -0.05) is 13.0 Å². The van der Waals surface area contributed by atoms with Crippen LogP contribution in [0.5, 0.6) is 0 Å². The molecule has 1 heterocycles. The molecule has 1 aromatic rings. The summed E-state index contributed by atoms with van der Waals surface area (Å²) in [5.41, 5.74) is 1.18. The Labute approximate surface area is 80.0 Å². The lowest BCUT2D eigenvalue weighted by Crippen LogP contribution is -1.98. The van der Waals surface area contributed by atoms with E-state index in [0.717, 1.165) is 19.4 Å². The van der Waals surface area contributed by atoms with E-state index in [1.54, 1.807) is 7.11 Å². The summed E-state index contributed by atoms with van der Waals surface area (Å²) in [5.74, 6) is 0.538. The highest BCUT2D eigenvalue weighted by Crippen LogP contribution is 2.17. The first-order chi connectivity index (χ1) is 6.34. The Hall–Kier alpha value is -0.890. The van der Waals surface area contributed by atoms with Crippen molar-refractivity contribution in [1.82, 2.24) is 4.98 Å². The normalized spacial score (nSPS) is 12.8. The quantitative estimate of drug-likeness (QED) is 0.648. The van der Waals surface area contributed by atoms with Gasteiger partial charge in [0.2, 0.25) is 0 Å². The minimum absolute atomic E-state index is 0.538. The molecule has 0 aliphatic rings. The summed E-state index contributed by atoms with van der Waals surface area (Å²) in [6, 6.07) is 6.07. The molecule has 0 fully saturated rings. The van der Waals surface area contributed by atoms with Crippen LogP contribution in [0.2, 0.25) is 0 Å². The van der Waals surface area contributed by atoms with Crippen LogP contribution in [-0.2, 0) is 4.74 Å². The van der Waals surface area contributed by atoms with E-state index in [1.165, 1.54) is 5.69 Å². The molecule has 0 aromatic carbocycles. The van der Waals surface area contributed by atoms with Crippen molar-refractivity contribution >= 4 is 0 Å². The van der Waals surface area contributed by atoms with Crippen LogP contribution in [0.4, 0.5) is 0 Å². The zero-order chi connectivity index (χ0) is 9.52. The Morgan fingerprint density at radius 1 is 1.46 bits per heavy atom. The fourth-order valence-electron chi connectivity index (χ4n) is 1.35. The molecule has 2 nitrogen and oxygen atoms in total. The van der Waals surface area contributed by atoms with Gasteiger partial charge in [-0.25, -0.2) is 0 Å². The molecule has 0 amide bonds. The number of aromatic nitrogens is 1. The Morgan fingerprint density at radius 3 is 2.92 bits per heavy atom. The van der Waals surface area contributed by atoms with E-state index in [1.807, 2.05) is 18.3 Å². The number of rotatable bonds is 5. The van der Waals surface area contributed by atoms with Crippen molar-refractivity contribution in [2.24, 2.45) is 0 Å². The van der Waals surface area contributed by atoms with E-state index in [-0.39, 0.29) is 0 Å². The van der Waals surface area contributed by atoms with Crippen LogP contribution >= 0.6 is 0 Å². The second kappa shape index (κ2) is 5.70. The molecule has 0 aliphatic carbocycles. The first kappa shape index (κ1) is 10.2. The molecule has 1 rings (SSSR count). The number of pyridine rings is 1. The Balaban J connectivity index is 2.35. The second-order valence-electron chi connectivity index (χ2n) is 3.29. The first-order valence-corrected chi connectivity index (χ1v) is 4.74. The molecule has 1 atom stereocenters. The molecule has 0 saturated heterocycles. The van der Waals surface area contributed by atoms with E-state index in [0.29, 0.717) is 5.92 Å². The number of methoxy groups -OCH3 is 1. The van der Waals surface area contributed by atoms with Crippen LogP contribution in [0, 0.1) is 0 Å². The van der Waals surface area contributed by atoms with Crippen LogP contribution in [0.3, 0.4) is 0 Å². The van der Waals surface area contributed by atoms with Gasteiger partial charge in [-0.3, -0.25) is 4.98 Å². The third-order valence-electron chi connectivity index (χ3n) is 2.18. The summed E-state index contributed by atoms with van der Waals surface area (Å²) >= 11 is 0. The van der Waals surface area contributed by atoms with Crippen LogP contribution in [0.25, 0.3) is 0 Å². The monoisotopic (exact) mass is 179 g/mol. The van der Waals surface area contributed by atoms with E-state index in [9.17, 15) is 0 Å². The van der Waals surface area contributed by atoms with Gasteiger partial charge in [0.25, 0.3) is 0 Å². The summed E-state index contributed by atoms with van der Waals surface area (Å²) < 4.78 is 5.01. The molecule has 1 unspecified atom stereocenters. The van der Waals surface area contributed by atoms with Gasteiger partial charge in [-0.15, -0.1) is 0 Å². The summed E-state index contributed by atoms with van der Waals surface area (Å²) in [4.78, 5) is 4.32. The van der Waals surface area contributed by atoms with Crippen LogP contribution < -0.4 is 0 Å². The topological polar surface area (TPSA) is 22.1 Å². The molecule has 72 valence electrons.